The first-order chi connectivity index (χ1) is 12.2. The molecule has 0 radical (unpaired) electrons. The van der Waals surface area contributed by atoms with Gasteiger partial charge in [0.15, 0.2) is 0 Å². The number of aliphatic hydroxyl groups excluding tert-OH is 1. The molecule has 6 heteroatoms. The molecule has 0 unspecified atom stereocenters. The van der Waals surface area contributed by atoms with E-state index in [9.17, 15) is 18.3 Å². The van der Waals surface area contributed by atoms with Crippen molar-refractivity contribution in [1.82, 2.24) is 0 Å². The molecule has 0 spiro atoms. The highest BCUT2D eigenvalue weighted by molar-refractivity contribution is 5.84. The number of hydrogen-bond acceptors (Lipinski definition) is 3. The summed E-state index contributed by atoms with van der Waals surface area (Å²) in [5.74, 6) is -0.534. The molecular formula is C20H24F3NO2. The van der Waals surface area contributed by atoms with E-state index in [1.54, 1.807) is 6.92 Å². The van der Waals surface area contributed by atoms with Crippen LogP contribution in [0.1, 0.15) is 38.2 Å². The molecule has 1 aliphatic rings. The Balaban J connectivity index is 1.69. The van der Waals surface area contributed by atoms with Gasteiger partial charge in [0.2, 0.25) is 0 Å². The SMILES string of the molecule is C[C@](N)(CO)c1ccc2cc(O[C@H]3CC[C@H](C(F)(F)F)CC3)ccc2c1. The summed E-state index contributed by atoms with van der Waals surface area (Å²) in [6, 6.07) is 11.3. The molecule has 0 aromatic heterocycles. The van der Waals surface area contributed by atoms with Gasteiger partial charge in [-0.05, 0) is 67.1 Å². The Morgan fingerprint density at radius 2 is 1.65 bits per heavy atom. The van der Waals surface area contributed by atoms with Crippen molar-refractivity contribution in [1.29, 1.82) is 0 Å². The number of ether oxygens (including phenoxy) is 1. The lowest BCUT2D eigenvalue weighted by atomic mass is 9.87. The van der Waals surface area contributed by atoms with Gasteiger partial charge < -0.3 is 15.6 Å². The average molecular weight is 367 g/mol. The summed E-state index contributed by atoms with van der Waals surface area (Å²) >= 11 is 0. The second-order valence-electron chi connectivity index (χ2n) is 7.43. The average Bonchev–Trinajstić information content (AvgIpc) is 2.61. The highest BCUT2D eigenvalue weighted by Crippen LogP contribution is 2.38. The maximum absolute atomic E-state index is 12.7. The summed E-state index contributed by atoms with van der Waals surface area (Å²) in [5.41, 5.74) is 6.10. The Labute approximate surface area is 151 Å². The molecule has 3 nitrogen and oxygen atoms in total. The van der Waals surface area contributed by atoms with Crippen LogP contribution in [-0.2, 0) is 5.54 Å². The third-order valence-electron chi connectivity index (χ3n) is 5.24. The normalized spacial score (nSPS) is 23.6. The van der Waals surface area contributed by atoms with Crippen LogP contribution in [0.25, 0.3) is 10.8 Å². The van der Waals surface area contributed by atoms with Gasteiger partial charge >= 0.3 is 6.18 Å². The molecule has 0 bridgehead atoms. The highest BCUT2D eigenvalue weighted by atomic mass is 19.4. The zero-order valence-electron chi connectivity index (χ0n) is 14.7. The summed E-state index contributed by atoms with van der Waals surface area (Å²) in [5, 5.41) is 11.3. The minimum Gasteiger partial charge on any atom is -0.490 e. The summed E-state index contributed by atoms with van der Waals surface area (Å²) in [6.45, 7) is 1.61. The lowest BCUT2D eigenvalue weighted by Crippen LogP contribution is -2.36. The Bertz CT molecular complexity index is 765. The fourth-order valence-corrected chi connectivity index (χ4v) is 3.44. The third-order valence-corrected chi connectivity index (χ3v) is 5.24. The van der Waals surface area contributed by atoms with E-state index >= 15 is 0 Å². The van der Waals surface area contributed by atoms with Gasteiger partial charge in [-0.15, -0.1) is 0 Å². The van der Waals surface area contributed by atoms with Gasteiger partial charge in [0, 0.05) is 0 Å². The van der Waals surface area contributed by atoms with Gasteiger partial charge in [0.05, 0.1) is 24.2 Å². The van der Waals surface area contributed by atoms with E-state index in [0.717, 1.165) is 16.3 Å². The molecule has 26 heavy (non-hydrogen) atoms. The molecule has 1 aliphatic carbocycles. The molecule has 0 aliphatic heterocycles. The summed E-state index contributed by atoms with van der Waals surface area (Å²) in [4.78, 5) is 0. The van der Waals surface area contributed by atoms with Crippen LogP contribution in [0.4, 0.5) is 13.2 Å². The van der Waals surface area contributed by atoms with Gasteiger partial charge in [-0.1, -0.05) is 18.2 Å². The largest absolute Gasteiger partial charge is 0.490 e. The lowest BCUT2D eigenvalue weighted by molar-refractivity contribution is -0.185. The number of hydrogen-bond donors (Lipinski definition) is 2. The maximum atomic E-state index is 12.7. The number of halogens is 3. The van der Waals surface area contributed by atoms with Gasteiger partial charge in [-0.2, -0.15) is 13.2 Å². The second kappa shape index (κ2) is 7.08. The molecule has 1 saturated carbocycles. The van der Waals surface area contributed by atoms with Crippen molar-refractivity contribution >= 4 is 10.8 Å². The van der Waals surface area contributed by atoms with E-state index in [1.807, 2.05) is 36.4 Å². The van der Waals surface area contributed by atoms with E-state index < -0.39 is 17.6 Å². The molecule has 0 amide bonds. The minimum atomic E-state index is -4.10. The number of aliphatic hydroxyl groups is 1. The van der Waals surface area contributed by atoms with Gasteiger partial charge in [-0.25, -0.2) is 0 Å². The summed E-state index contributed by atoms with van der Waals surface area (Å²) in [7, 11) is 0. The van der Waals surface area contributed by atoms with E-state index in [4.69, 9.17) is 10.5 Å². The standard InChI is InChI=1S/C20H24F3NO2/c1-19(24,12-25)16-4-2-14-11-18(7-3-13(14)10-16)26-17-8-5-15(6-9-17)20(21,22)23/h2-4,7,10-11,15,17,25H,5-6,8-9,12,24H2,1H3/t15-,17-,19-/m0/s1. The smallest absolute Gasteiger partial charge is 0.391 e. The first-order valence-electron chi connectivity index (χ1n) is 8.86. The van der Waals surface area contributed by atoms with Crippen molar-refractivity contribution in [3.63, 3.8) is 0 Å². The monoisotopic (exact) mass is 367 g/mol. The quantitative estimate of drug-likeness (QED) is 0.836. The Hall–Kier alpha value is -1.79. The van der Waals surface area contributed by atoms with E-state index in [0.29, 0.717) is 18.6 Å². The van der Waals surface area contributed by atoms with Crippen LogP contribution < -0.4 is 10.5 Å². The lowest BCUT2D eigenvalue weighted by Gasteiger charge is -2.30. The van der Waals surface area contributed by atoms with Crippen LogP contribution in [0.2, 0.25) is 0 Å². The molecule has 142 valence electrons. The predicted octanol–water partition coefficient (Wildman–Crippen LogP) is 4.51. The zero-order valence-corrected chi connectivity index (χ0v) is 14.7. The van der Waals surface area contributed by atoms with Crippen molar-refractivity contribution in [3.05, 3.63) is 42.0 Å². The van der Waals surface area contributed by atoms with Crippen LogP contribution in [-0.4, -0.2) is 24.0 Å². The predicted molar refractivity (Wildman–Crippen MR) is 95.0 cm³/mol. The van der Waals surface area contributed by atoms with Crippen LogP contribution in [0.3, 0.4) is 0 Å². The van der Waals surface area contributed by atoms with Gasteiger partial charge in [0.1, 0.15) is 5.75 Å². The molecular weight excluding hydrogens is 343 g/mol. The molecule has 2 aromatic rings. The van der Waals surface area contributed by atoms with E-state index in [1.165, 1.54) is 0 Å². The Kier molecular flexibility index (Phi) is 5.17. The Morgan fingerprint density at radius 3 is 2.27 bits per heavy atom. The number of rotatable bonds is 4. The Morgan fingerprint density at radius 1 is 1.04 bits per heavy atom. The van der Waals surface area contributed by atoms with Crippen molar-refractivity contribution in [3.8, 4) is 5.75 Å². The third kappa shape index (κ3) is 4.13. The first kappa shape index (κ1) is 19.0. The van der Waals surface area contributed by atoms with Crippen LogP contribution >= 0.6 is 0 Å². The zero-order chi connectivity index (χ0) is 18.9. The molecule has 3 rings (SSSR count). The van der Waals surface area contributed by atoms with Crippen LogP contribution in [0, 0.1) is 5.92 Å². The summed E-state index contributed by atoms with van der Waals surface area (Å²) < 4.78 is 44.2. The molecule has 0 saturated heterocycles. The fourth-order valence-electron chi connectivity index (χ4n) is 3.44. The number of benzene rings is 2. The molecule has 1 fully saturated rings. The van der Waals surface area contributed by atoms with E-state index in [2.05, 4.69) is 0 Å². The van der Waals surface area contributed by atoms with Gasteiger partial charge in [0.25, 0.3) is 0 Å². The molecule has 0 heterocycles. The summed E-state index contributed by atoms with van der Waals surface area (Å²) in [6.07, 6.45) is -3.18. The number of nitrogens with two attached hydrogens (primary N) is 1. The van der Waals surface area contributed by atoms with Crippen molar-refractivity contribution < 1.29 is 23.0 Å². The fraction of sp³-hybridized carbons (Fsp3) is 0.500. The molecule has 3 N–H and O–H groups in total. The van der Waals surface area contributed by atoms with Gasteiger partial charge in [-0.3, -0.25) is 0 Å². The van der Waals surface area contributed by atoms with Crippen LogP contribution in [0.5, 0.6) is 5.75 Å². The highest BCUT2D eigenvalue weighted by Gasteiger charge is 2.41. The molecule has 2 aromatic carbocycles. The van der Waals surface area contributed by atoms with E-state index in [-0.39, 0.29) is 25.6 Å². The second-order valence-corrected chi connectivity index (χ2v) is 7.43. The number of alkyl halides is 3. The topological polar surface area (TPSA) is 55.5 Å². The maximum Gasteiger partial charge on any atom is 0.391 e. The molecule has 1 atom stereocenters. The van der Waals surface area contributed by atoms with Crippen molar-refractivity contribution in [2.24, 2.45) is 11.7 Å². The number of fused-ring (bicyclic) bond motifs is 1. The first-order valence-corrected chi connectivity index (χ1v) is 8.86. The van der Waals surface area contributed by atoms with Crippen molar-refractivity contribution in [2.45, 2.75) is 50.4 Å². The van der Waals surface area contributed by atoms with Crippen LogP contribution in [0.15, 0.2) is 36.4 Å². The minimum absolute atomic E-state index is 0.126. The van der Waals surface area contributed by atoms with Crippen molar-refractivity contribution in [2.75, 3.05) is 6.61 Å².